The molecule has 0 unspecified atom stereocenters. The first kappa shape index (κ1) is 9.31. The van der Waals surface area contributed by atoms with E-state index in [2.05, 4.69) is 25.3 Å². The van der Waals surface area contributed by atoms with Crippen molar-refractivity contribution in [3.8, 4) is 0 Å². The van der Waals surface area contributed by atoms with Gasteiger partial charge < -0.3 is 0 Å². The maximum Gasteiger partial charge on any atom is -0.0279 e. The lowest BCUT2D eigenvalue weighted by molar-refractivity contribution is 0.929. The minimum absolute atomic E-state index is 1.18. The highest BCUT2D eigenvalue weighted by atomic mass is 14.1. The fourth-order valence-corrected chi connectivity index (χ4v) is 1.46. The minimum atomic E-state index is 1.18. The average molecular weight is 162 g/mol. The smallest absolute Gasteiger partial charge is 0.0279 e. The number of allylic oxidation sites excluding steroid dienone is 4. The average Bonchev–Trinajstić information content (AvgIpc) is 2.67. The summed E-state index contributed by atoms with van der Waals surface area (Å²) in [5.74, 6) is 0. The Morgan fingerprint density at radius 2 is 1.33 bits per heavy atom. The third-order valence-electron chi connectivity index (χ3n) is 2.37. The van der Waals surface area contributed by atoms with Gasteiger partial charge >= 0.3 is 0 Å². The van der Waals surface area contributed by atoms with Gasteiger partial charge in [0.05, 0.1) is 0 Å². The molecule has 0 heterocycles. The Morgan fingerprint density at radius 1 is 0.833 bits per heavy atom. The van der Waals surface area contributed by atoms with Gasteiger partial charge in [0.25, 0.3) is 0 Å². The first-order chi connectivity index (χ1) is 5.80. The molecule has 0 saturated heterocycles. The van der Waals surface area contributed by atoms with Gasteiger partial charge in [0, 0.05) is 0 Å². The van der Waals surface area contributed by atoms with Crippen LogP contribution in [-0.2, 0) is 0 Å². The zero-order chi connectivity index (χ0) is 8.81. The first-order valence-electron chi connectivity index (χ1n) is 4.81. The molecule has 66 valence electrons. The van der Waals surface area contributed by atoms with Crippen LogP contribution in [0.25, 0.3) is 0 Å². The fourth-order valence-electron chi connectivity index (χ4n) is 1.46. The zero-order valence-electron chi connectivity index (χ0n) is 7.81. The molecule has 0 bridgehead atoms. The molecule has 2 aliphatic carbocycles. The van der Waals surface area contributed by atoms with E-state index in [0.29, 0.717) is 0 Å². The first-order valence-corrected chi connectivity index (χ1v) is 4.81. The van der Waals surface area contributed by atoms with E-state index in [1.54, 1.807) is 0 Å². The van der Waals surface area contributed by atoms with E-state index < -0.39 is 0 Å². The van der Waals surface area contributed by atoms with Crippen molar-refractivity contribution in [3.05, 3.63) is 36.5 Å². The number of hydrogen-bond donors (Lipinski definition) is 0. The maximum atomic E-state index is 3.84. The van der Waals surface area contributed by atoms with Crippen molar-refractivity contribution < 1.29 is 0 Å². The third kappa shape index (κ3) is 3.08. The van der Waals surface area contributed by atoms with Crippen molar-refractivity contribution >= 4 is 0 Å². The summed E-state index contributed by atoms with van der Waals surface area (Å²) in [6, 6.07) is 0. The highest BCUT2D eigenvalue weighted by Gasteiger charge is 2.06. The molecule has 0 radical (unpaired) electrons. The zero-order valence-corrected chi connectivity index (χ0v) is 7.81. The van der Waals surface area contributed by atoms with Crippen LogP contribution < -0.4 is 0 Å². The summed E-state index contributed by atoms with van der Waals surface area (Å²) in [5.41, 5.74) is 2.53. The van der Waals surface area contributed by atoms with E-state index in [9.17, 15) is 0 Å². The quantitative estimate of drug-likeness (QED) is 0.472. The second-order valence-corrected chi connectivity index (χ2v) is 3.46. The lowest BCUT2D eigenvalue weighted by atomic mass is 10.2. The van der Waals surface area contributed by atoms with Crippen LogP contribution in [-0.4, -0.2) is 0 Å². The Labute approximate surface area is 75.7 Å². The van der Waals surface area contributed by atoms with Crippen molar-refractivity contribution in [2.24, 2.45) is 0 Å². The predicted molar refractivity (Wildman–Crippen MR) is 55.1 cm³/mol. The molecule has 0 aliphatic heterocycles. The van der Waals surface area contributed by atoms with Crippen LogP contribution in [0.1, 0.15) is 38.5 Å². The number of rotatable bonds is 0. The Kier molecular flexibility index (Phi) is 3.86. The molecule has 0 aromatic rings. The molecule has 1 saturated carbocycles. The second kappa shape index (κ2) is 4.97. The molecule has 0 heteroatoms. The Morgan fingerprint density at radius 3 is 1.50 bits per heavy atom. The standard InChI is InChI=1S/C7H10.C5H8/c1-6-4-3-5-7(6)2;1-2-4-5-3-1/h1-5H2;1-2H,3-5H2. The van der Waals surface area contributed by atoms with E-state index in [4.69, 9.17) is 0 Å². The summed E-state index contributed by atoms with van der Waals surface area (Å²) in [5, 5.41) is 0. The molecule has 2 aliphatic rings. The third-order valence-corrected chi connectivity index (χ3v) is 2.37. The summed E-state index contributed by atoms with van der Waals surface area (Å²) in [6.45, 7) is 7.67. The number of hydrogen-bond acceptors (Lipinski definition) is 0. The van der Waals surface area contributed by atoms with Crippen LogP contribution in [0.3, 0.4) is 0 Å². The van der Waals surface area contributed by atoms with Crippen molar-refractivity contribution in [2.75, 3.05) is 0 Å². The molecule has 0 aromatic heterocycles. The molecule has 0 N–H and O–H groups in total. The molecule has 0 aromatic carbocycles. The lowest BCUT2D eigenvalue weighted by Gasteiger charge is -1.87. The van der Waals surface area contributed by atoms with Crippen LogP contribution in [0.2, 0.25) is 0 Å². The predicted octanol–water partition coefficient (Wildman–Crippen LogP) is 4.01. The molecule has 1 fully saturated rings. The van der Waals surface area contributed by atoms with Crippen molar-refractivity contribution in [1.82, 2.24) is 0 Å². The van der Waals surface area contributed by atoms with Crippen molar-refractivity contribution in [2.45, 2.75) is 38.5 Å². The SMILES string of the molecule is C1=CCCC1.C=C1CCCC1=C. The van der Waals surface area contributed by atoms with Gasteiger partial charge in [0.2, 0.25) is 0 Å². The summed E-state index contributed by atoms with van der Waals surface area (Å²) in [6.07, 6.45) is 12.1. The summed E-state index contributed by atoms with van der Waals surface area (Å²) >= 11 is 0. The highest BCUT2D eigenvalue weighted by molar-refractivity contribution is 5.28. The van der Waals surface area contributed by atoms with Gasteiger partial charge in [-0.15, -0.1) is 0 Å². The van der Waals surface area contributed by atoms with E-state index in [0.717, 1.165) is 0 Å². The van der Waals surface area contributed by atoms with Crippen molar-refractivity contribution in [1.29, 1.82) is 0 Å². The molecular weight excluding hydrogens is 144 g/mol. The van der Waals surface area contributed by atoms with Crippen LogP contribution in [0.15, 0.2) is 36.5 Å². The van der Waals surface area contributed by atoms with Crippen LogP contribution in [0.4, 0.5) is 0 Å². The van der Waals surface area contributed by atoms with E-state index in [1.165, 1.54) is 49.7 Å². The Bertz CT molecular complexity index is 176. The fraction of sp³-hybridized carbons (Fsp3) is 0.500. The van der Waals surface area contributed by atoms with Crippen LogP contribution >= 0.6 is 0 Å². The van der Waals surface area contributed by atoms with Crippen LogP contribution in [0.5, 0.6) is 0 Å². The molecule has 0 atom stereocenters. The molecule has 12 heavy (non-hydrogen) atoms. The van der Waals surface area contributed by atoms with Crippen molar-refractivity contribution in [3.63, 3.8) is 0 Å². The van der Waals surface area contributed by atoms with Gasteiger partial charge in [-0.25, -0.2) is 0 Å². The Balaban J connectivity index is 0.000000127. The van der Waals surface area contributed by atoms with Crippen LogP contribution in [0, 0.1) is 0 Å². The molecule has 0 nitrogen and oxygen atoms in total. The van der Waals surface area contributed by atoms with Gasteiger partial charge in [0.15, 0.2) is 0 Å². The van der Waals surface area contributed by atoms with E-state index in [1.807, 2.05) is 0 Å². The van der Waals surface area contributed by atoms with Gasteiger partial charge in [-0.05, 0) is 38.5 Å². The second-order valence-electron chi connectivity index (χ2n) is 3.46. The molecular formula is C12H18. The van der Waals surface area contributed by atoms with Gasteiger partial charge in [-0.3, -0.25) is 0 Å². The topological polar surface area (TPSA) is 0 Å². The Hall–Kier alpha value is -0.780. The van der Waals surface area contributed by atoms with E-state index >= 15 is 0 Å². The maximum absolute atomic E-state index is 3.84. The summed E-state index contributed by atoms with van der Waals surface area (Å²) in [4.78, 5) is 0. The minimum Gasteiger partial charge on any atom is -0.0956 e. The molecule has 0 amide bonds. The van der Waals surface area contributed by atoms with Gasteiger partial charge in [-0.2, -0.15) is 0 Å². The molecule has 0 spiro atoms. The normalized spacial score (nSPS) is 21.0. The molecule has 2 rings (SSSR count). The van der Waals surface area contributed by atoms with E-state index in [-0.39, 0.29) is 0 Å². The van der Waals surface area contributed by atoms with Gasteiger partial charge in [-0.1, -0.05) is 36.5 Å². The monoisotopic (exact) mass is 162 g/mol. The summed E-state index contributed by atoms with van der Waals surface area (Å²) in [7, 11) is 0. The lowest BCUT2D eigenvalue weighted by Crippen LogP contribution is -1.67. The largest absolute Gasteiger partial charge is 0.0956 e. The van der Waals surface area contributed by atoms with Gasteiger partial charge in [0.1, 0.15) is 0 Å². The highest BCUT2D eigenvalue weighted by Crippen LogP contribution is 2.26. The summed E-state index contributed by atoms with van der Waals surface area (Å²) < 4.78 is 0.